The van der Waals surface area contributed by atoms with Crippen molar-refractivity contribution in [2.45, 2.75) is 6.92 Å². The fourth-order valence-corrected chi connectivity index (χ4v) is 3.00. The van der Waals surface area contributed by atoms with Gasteiger partial charge in [0.15, 0.2) is 5.76 Å². The molecule has 4 aromatic rings. The highest BCUT2D eigenvalue weighted by Crippen LogP contribution is 2.41. The fourth-order valence-electron chi connectivity index (χ4n) is 3.00. The van der Waals surface area contributed by atoms with Crippen LogP contribution in [0.3, 0.4) is 0 Å². The summed E-state index contributed by atoms with van der Waals surface area (Å²) in [6.45, 7) is 2.08. The lowest BCUT2D eigenvalue weighted by atomic mass is 9.93. The Morgan fingerprint density at radius 3 is 2.16 bits per heavy atom. The molecule has 3 aromatic carbocycles. The number of benzene rings is 3. The minimum atomic E-state index is 0.226. The second kappa shape index (κ2) is 6.29. The maximum atomic E-state index is 9.57. The zero-order valence-corrected chi connectivity index (χ0v) is 13.8. The van der Waals surface area contributed by atoms with Crippen molar-refractivity contribution in [1.29, 1.82) is 0 Å². The second-order valence-electron chi connectivity index (χ2n) is 5.96. The van der Waals surface area contributed by atoms with Gasteiger partial charge in [0.25, 0.3) is 0 Å². The Morgan fingerprint density at radius 2 is 1.44 bits per heavy atom. The molecule has 1 aromatic heterocycles. The number of nitrogens with zero attached hydrogens (tertiary/aromatic N) is 1. The van der Waals surface area contributed by atoms with Crippen LogP contribution in [0.2, 0.25) is 0 Å². The molecule has 0 saturated heterocycles. The third-order valence-corrected chi connectivity index (χ3v) is 4.28. The van der Waals surface area contributed by atoms with Crippen LogP contribution in [0.4, 0.5) is 0 Å². The van der Waals surface area contributed by atoms with Crippen molar-refractivity contribution in [3.8, 4) is 39.5 Å². The van der Waals surface area contributed by atoms with Crippen LogP contribution in [0, 0.1) is 6.92 Å². The van der Waals surface area contributed by atoms with E-state index in [1.807, 2.05) is 54.6 Å². The lowest BCUT2D eigenvalue weighted by Gasteiger charge is -2.08. The normalized spacial score (nSPS) is 10.8. The number of aryl methyl sites for hydroxylation is 1. The third-order valence-electron chi connectivity index (χ3n) is 4.28. The number of rotatable bonds is 3. The Labute approximate surface area is 146 Å². The molecule has 0 spiro atoms. The Morgan fingerprint density at radius 1 is 0.760 bits per heavy atom. The van der Waals surface area contributed by atoms with Gasteiger partial charge in [-0.05, 0) is 42.3 Å². The molecule has 0 aliphatic carbocycles. The smallest absolute Gasteiger partial charge is 0.175 e. The van der Waals surface area contributed by atoms with Gasteiger partial charge in [-0.2, -0.15) is 0 Å². The van der Waals surface area contributed by atoms with Gasteiger partial charge in [0.05, 0.1) is 5.56 Å². The largest absolute Gasteiger partial charge is 0.508 e. The van der Waals surface area contributed by atoms with Gasteiger partial charge in [0.1, 0.15) is 11.4 Å². The van der Waals surface area contributed by atoms with Crippen LogP contribution >= 0.6 is 0 Å². The van der Waals surface area contributed by atoms with Crippen molar-refractivity contribution in [2.75, 3.05) is 0 Å². The minimum absolute atomic E-state index is 0.226. The van der Waals surface area contributed by atoms with E-state index >= 15 is 0 Å². The number of hydrogen-bond acceptors (Lipinski definition) is 3. The third kappa shape index (κ3) is 2.81. The van der Waals surface area contributed by atoms with Crippen LogP contribution in [0.25, 0.3) is 33.7 Å². The first kappa shape index (κ1) is 15.2. The SMILES string of the molecule is Cc1ccccc1-c1c(-c2ccccc2)noc1-c1ccc(O)cc1. The summed E-state index contributed by atoms with van der Waals surface area (Å²) in [4.78, 5) is 0. The molecule has 0 aliphatic heterocycles. The minimum Gasteiger partial charge on any atom is -0.508 e. The van der Waals surface area contributed by atoms with Crippen molar-refractivity contribution in [3.63, 3.8) is 0 Å². The molecule has 1 N–H and O–H groups in total. The summed E-state index contributed by atoms with van der Waals surface area (Å²) in [5, 5.41) is 13.9. The van der Waals surface area contributed by atoms with E-state index in [1.54, 1.807) is 12.1 Å². The lowest BCUT2D eigenvalue weighted by Crippen LogP contribution is -1.88. The van der Waals surface area contributed by atoms with Gasteiger partial charge >= 0.3 is 0 Å². The average molecular weight is 327 g/mol. The quantitative estimate of drug-likeness (QED) is 0.526. The highest BCUT2D eigenvalue weighted by atomic mass is 16.5. The summed E-state index contributed by atoms with van der Waals surface area (Å²) in [5.74, 6) is 0.928. The van der Waals surface area contributed by atoms with Crippen LogP contribution in [0.15, 0.2) is 83.4 Å². The number of phenolic OH excluding ortho intramolecular Hbond substituents is 1. The van der Waals surface area contributed by atoms with E-state index in [4.69, 9.17) is 4.52 Å². The molecule has 25 heavy (non-hydrogen) atoms. The predicted octanol–water partition coefficient (Wildman–Crippen LogP) is 5.69. The van der Waals surface area contributed by atoms with Crippen LogP contribution in [-0.4, -0.2) is 10.3 Å². The lowest BCUT2D eigenvalue weighted by molar-refractivity contribution is 0.435. The van der Waals surface area contributed by atoms with Crippen molar-refractivity contribution < 1.29 is 9.63 Å². The highest BCUT2D eigenvalue weighted by Gasteiger charge is 2.21. The van der Waals surface area contributed by atoms with Gasteiger partial charge in [-0.3, -0.25) is 0 Å². The Balaban J connectivity index is 1.99. The molecule has 4 rings (SSSR count). The van der Waals surface area contributed by atoms with E-state index in [0.717, 1.165) is 33.5 Å². The average Bonchev–Trinajstić information content (AvgIpc) is 3.08. The molecule has 0 unspecified atom stereocenters. The van der Waals surface area contributed by atoms with E-state index in [1.165, 1.54) is 0 Å². The van der Waals surface area contributed by atoms with Gasteiger partial charge in [-0.15, -0.1) is 0 Å². The number of phenols is 1. The molecule has 0 radical (unpaired) electrons. The van der Waals surface area contributed by atoms with Crippen molar-refractivity contribution in [2.24, 2.45) is 0 Å². The molecular formula is C22H17NO2. The van der Waals surface area contributed by atoms with Crippen molar-refractivity contribution in [1.82, 2.24) is 5.16 Å². The maximum Gasteiger partial charge on any atom is 0.175 e. The molecule has 0 bridgehead atoms. The summed E-state index contributed by atoms with van der Waals surface area (Å²) in [6, 6.07) is 25.2. The maximum absolute atomic E-state index is 9.57. The molecule has 0 amide bonds. The summed E-state index contributed by atoms with van der Waals surface area (Å²) in [6.07, 6.45) is 0. The topological polar surface area (TPSA) is 46.3 Å². The predicted molar refractivity (Wildman–Crippen MR) is 99.2 cm³/mol. The first-order valence-electron chi connectivity index (χ1n) is 8.14. The van der Waals surface area contributed by atoms with Gasteiger partial charge in [-0.1, -0.05) is 59.8 Å². The van der Waals surface area contributed by atoms with E-state index < -0.39 is 0 Å². The zero-order valence-electron chi connectivity index (χ0n) is 13.8. The molecule has 1 heterocycles. The number of hydrogen-bond donors (Lipinski definition) is 1. The molecule has 0 aliphatic rings. The molecule has 0 fully saturated rings. The molecule has 0 atom stereocenters. The van der Waals surface area contributed by atoms with Gasteiger partial charge in [-0.25, -0.2) is 0 Å². The zero-order chi connectivity index (χ0) is 17.2. The van der Waals surface area contributed by atoms with E-state index in [2.05, 4.69) is 24.2 Å². The first-order chi connectivity index (χ1) is 12.2. The molecule has 3 nitrogen and oxygen atoms in total. The molecular weight excluding hydrogens is 310 g/mol. The van der Waals surface area contributed by atoms with Gasteiger partial charge in [0, 0.05) is 11.1 Å². The van der Waals surface area contributed by atoms with E-state index in [-0.39, 0.29) is 5.75 Å². The Bertz CT molecular complexity index is 1000. The summed E-state index contributed by atoms with van der Waals surface area (Å²) >= 11 is 0. The van der Waals surface area contributed by atoms with Crippen molar-refractivity contribution >= 4 is 0 Å². The van der Waals surface area contributed by atoms with Crippen LogP contribution in [-0.2, 0) is 0 Å². The number of aromatic hydroxyl groups is 1. The van der Waals surface area contributed by atoms with Crippen molar-refractivity contribution in [3.05, 3.63) is 84.4 Å². The standard InChI is InChI=1S/C22H17NO2/c1-15-7-5-6-10-19(15)20-21(16-8-3-2-4-9-16)23-25-22(20)17-11-13-18(24)14-12-17/h2-14,24H,1H3. The van der Waals surface area contributed by atoms with E-state index in [9.17, 15) is 5.11 Å². The second-order valence-corrected chi connectivity index (χ2v) is 5.96. The first-order valence-corrected chi connectivity index (χ1v) is 8.14. The fraction of sp³-hybridized carbons (Fsp3) is 0.0455. The monoisotopic (exact) mass is 327 g/mol. The van der Waals surface area contributed by atoms with Gasteiger partial charge in [0.2, 0.25) is 0 Å². The Kier molecular flexibility index (Phi) is 3.82. The molecule has 0 saturated carbocycles. The van der Waals surface area contributed by atoms with Crippen LogP contribution in [0.5, 0.6) is 5.75 Å². The summed E-state index contributed by atoms with van der Waals surface area (Å²) in [7, 11) is 0. The summed E-state index contributed by atoms with van der Waals surface area (Å²) < 4.78 is 5.75. The van der Waals surface area contributed by atoms with Crippen LogP contribution < -0.4 is 0 Å². The van der Waals surface area contributed by atoms with Crippen LogP contribution in [0.1, 0.15) is 5.56 Å². The Hall–Kier alpha value is -3.33. The molecule has 3 heteroatoms. The van der Waals surface area contributed by atoms with Gasteiger partial charge < -0.3 is 9.63 Å². The highest BCUT2D eigenvalue weighted by molar-refractivity contribution is 5.91. The van der Waals surface area contributed by atoms with E-state index in [0.29, 0.717) is 5.76 Å². The summed E-state index contributed by atoms with van der Waals surface area (Å²) in [5.41, 5.74) is 5.92. The number of aromatic nitrogens is 1. The molecule has 122 valence electrons.